The molecule has 0 spiro atoms. The van der Waals surface area contributed by atoms with Gasteiger partial charge >= 0.3 is 0 Å². The second kappa shape index (κ2) is 8.34. The van der Waals surface area contributed by atoms with Crippen molar-refractivity contribution in [2.45, 2.75) is 50.7 Å². The summed E-state index contributed by atoms with van der Waals surface area (Å²) in [5.41, 5.74) is 2.53. The molecule has 1 saturated carbocycles. The Morgan fingerprint density at radius 2 is 1.89 bits per heavy atom. The van der Waals surface area contributed by atoms with Gasteiger partial charge in [-0.05, 0) is 50.8 Å². The first-order valence-electron chi connectivity index (χ1n) is 11.9. The zero-order valence-electron chi connectivity index (χ0n) is 19.5. The molecule has 6 rings (SSSR count). The average Bonchev–Trinajstić information content (AvgIpc) is 3.59. The van der Waals surface area contributed by atoms with E-state index >= 15 is 0 Å². The number of halogens is 2. The van der Waals surface area contributed by atoms with E-state index < -0.39 is 11.6 Å². The lowest BCUT2D eigenvalue weighted by molar-refractivity contribution is 0.00464. The summed E-state index contributed by atoms with van der Waals surface area (Å²) < 4.78 is 38.0. The fourth-order valence-corrected chi connectivity index (χ4v) is 4.84. The molecule has 0 radical (unpaired) electrons. The van der Waals surface area contributed by atoms with Gasteiger partial charge in [-0.2, -0.15) is 5.10 Å². The molecule has 0 amide bonds. The van der Waals surface area contributed by atoms with Crippen LogP contribution in [0, 0.1) is 18.6 Å². The Morgan fingerprint density at radius 1 is 1.06 bits per heavy atom. The van der Waals surface area contributed by atoms with E-state index in [2.05, 4.69) is 16.3 Å². The highest BCUT2D eigenvalue weighted by molar-refractivity contribution is 5.91. The van der Waals surface area contributed by atoms with Crippen LogP contribution in [0.15, 0.2) is 41.5 Å². The molecule has 4 aromatic rings. The van der Waals surface area contributed by atoms with E-state index in [0.29, 0.717) is 41.7 Å². The second-order valence-corrected chi connectivity index (χ2v) is 9.50. The summed E-state index contributed by atoms with van der Waals surface area (Å²) in [6.45, 7) is 2.25. The van der Waals surface area contributed by atoms with Crippen molar-refractivity contribution in [1.29, 1.82) is 0 Å². The molecule has 0 N–H and O–H groups in total. The van der Waals surface area contributed by atoms with Gasteiger partial charge in [0.05, 0.1) is 18.3 Å². The predicted molar refractivity (Wildman–Crippen MR) is 126 cm³/mol. The number of hydrogen-bond donors (Lipinski definition) is 0. The highest BCUT2D eigenvalue weighted by Gasteiger charge is 2.30. The van der Waals surface area contributed by atoms with Gasteiger partial charge in [0.2, 0.25) is 0 Å². The maximum atomic E-state index is 14.9. The number of hydrogen-bond acceptors (Lipinski definition) is 5. The van der Waals surface area contributed by atoms with Crippen molar-refractivity contribution >= 4 is 11.0 Å². The van der Waals surface area contributed by atoms with Gasteiger partial charge in [-0.15, -0.1) is 0 Å². The molecule has 2 aliphatic rings. The summed E-state index contributed by atoms with van der Waals surface area (Å²) in [6, 6.07) is 5.73. The van der Waals surface area contributed by atoms with Crippen LogP contribution in [0.3, 0.4) is 0 Å². The van der Waals surface area contributed by atoms with E-state index in [-0.39, 0.29) is 28.7 Å². The van der Waals surface area contributed by atoms with Gasteiger partial charge in [-0.25, -0.2) is 18.7 Å². The third-order valence-electron chi connectivity index (χ3n) is 7.12. The number of rotatable bonds is 4. The molecule has 0 unspecified atom stereocenters. The topological polar surface area (TPSA) is 74.8 Å². The summed E-state index contributed by atoms with van der Waals surface area (Å²) >= 11 is 0. The number of aromatic nitrogens is 5. The molecule has 2 fully saturated rings. The lowest BCUT2D eigenvalue weighted by Crippen LogP contribution is -2.24. The van der Waals surface area contributed by atoms with Crippen LogP contribution in [0.5, 0.6) is 0 Å². The summed E-state index contributed by atoms with van der Waals surface area (Å²) in [6.07, 6.45) is 7.48. The third kappa shape index (κ3) is 3.93. The lowest BCUT2D eigenvalue weighted by atomic mass is 9.88. The van der Waals surface area contributed by atoms with Crippen molar-refractivity contribution < 1.29 is 13.5 Å². The van der Waals surface area contributed by atoms with E-state index in [0.717, 1.165) is 30.9 Å². The maximum Gasteiger partial charge on any atom is 0.279 e. The van der Waals surface area contributed by atoms with Gasteiger partial charge < -0.3 is 4.74 Å². The van der Waals surface area contributed by atoms with Crippen molar-refractivity contribution in [3.8, 4) is 11.1 Å². The number of pyridine rings is 1. The van der Waals surface area contributed by atoms with Gasteiger partial charge in [0.1, 0.15) is 23.0 Å². The van der Waals surface area contributed by atoms with Gasteiger partial charge in [0.25, 0.3) is 5.56 Å². The smallest absolute Gasteiger partial charge is 0.279 e. The number of benzene rings is 1. The molecule has 2 atom stereocenters. The summed E-state index contributed by atoms with van der Waals surface area (Å²) in [4.78, 5) is 22.4. The molecular weight excluding hydrogens is 452 g/mol. The van der Waals surface area contributed by atoms with Crippen molar-refractivity contribution in [2.24, 2.45) is 7.05 Å². The Kier molecular flexibility index (Phi) is 5.25. The van der Waals surface area contributed by atoms with Gasteiger partial charge in [-0.3, -0.25) is 14.0 Å². The Labute approximate surface area is 200 Å². The number of aryl methyl sites for hydroxylation is 1. The predicted octanol–water partition coefficient (Wildman–Crippen LogP) is 4.75. The Morgan fingerprint density at radius 3 is 2.66 bits per heavy atom. The molecular formula is C26H25F2N5O2. The van der Waals surface area contributed by atoms with Gasteiger partial charge in [0.15, 0.2) is 5.52 Å². The molecule has 35 heavy (non-hydrogen) atoms. The van der Waals surface area contributed by atoms with E-state index in [1.165, 1.54) is 16.7 Å². The Hall–Kier alpha value is -3.46. The normalized spacial score (nSPS) is 20.5. The second-order valence-electron chi connectivity index (χ2n) is 9.50. The van der Waals surface area contributed by atoms with E-state index in [1.54, 1.807) is 20.0 Å². The SMILES string of the molecule is Cc1nc2c(-c3ccc(F)cc3F)cc([C@@H]3CCO[C@H](c4cnn(C5CC5)c4)C3)nc2c(=O)n1C. The van der Waals surface area contributed by atoms with Crippen LogP contribution >= 0.6 is 0 Å². The third-order valence-corrected chi connectivity index (χ3v) is 7.12. The molecule has 1 aliphatic carbocycles. The molecule has 3 aromatic heterocycles. The first kappa shape index (κ1) is 22.0. The van der Waals surface area contributed by atoms with E-state index in [1.807, 2.05) is 10.9 Å². The molecule has 0 bridgehead atoms. The molecule has 1 aliphatic heterocycles. The summed E-state index contributed by atoms with van der Waals surface area (Å²) in [7, 11) is 1.64. The van der Waals surface area contributed by atoms with Crippen LogP contribution in [0.25, 0.3) is 22.2 Å². The number of nitrogens with zero attached hydrogens (tertiary/aromatic N) is 5. The number of ether oxygens (including phenoxy) is 1. The molecule has 1 aromatic carbocycles. The molecule has 4 heterocycles. The highest BCUT2D eigenvalue weighted by atomic mass is 19.1. The highest BCUT2D eigenvalue weighted by Crippen LogP contribution is 2.40. The van der Waals surface area contributed by atoms with E-state index in [4.69, 9.17) is 9.72 Å². The van der Waals surface area contributed by atoms with Crippen LogP contribution in [0.4, 0.5) is 8.78 Å². The van der Waals surface area contributed by atoms with Crippen LogP contribution in [-0.4, -0.2) is 30.9 Å². The molecule has 1 saturated heterocycles. The summed E-state index contributed by atoms with van der Waals surface area (Å²) in [5, 5.41) is 4.49. The lowest BCUT2D eigenvalue weighted by Gasteiger charge is -2.29. The molecule has 9 heteroatoms. The van der Waals surface area contributed by atoms with Crippen molar-refractivity contribution in [2.75, 3.05) is 6.61 Å². The first-order valence-corrected chi connectivity index (χ1v) is 11.9. The zero-order chi connectivity index (χ0) is 24.3. The van der Waals surface area contributed by atoms with E-state index in [9.17, 15) is 13.6 Å². The largest absolute Gasteiger partial charge is 0.373 e. The monoisotopic (exact) mass is 477 g/mol. The minimum atomic E-state index is -0.707. The molecule has 7 nitrogen and oxygen atoms in total. The maximum absolute atomic E-state index is 14.9. The minimum Gasteiger partial charge on any atom is -0.373 e. The van der Waals surface area contributed by atoms with Crippen LogP contribution < -0.4 is 5.56 Å². The first-order chi connectivity index (χ1) is 16.9. The van der Waals surface area contributed by atoms with Gasteiger partial charge in [-0.1, -0.05) is 0 Å². The Balaban J connectivity index is 1.45. The van der Waals surface area contributed by atoms with Crippen LogP contribution in [-0.2, 0) is 11.8 Å². The summed E-state index contributed by atoms with van der Waals surface area (Å²) in [5.74, 6) is -0.889. The average molecular weight is 478 g/mol. The number of fused-ring (bicyclic) bond motifs is 1. The van der Waals surface area contributed by atoms with Gasteiger partial charge in [0, 0.05) is 54.2 Å². The zero-order valence-corrected chi connectivity index (χ0v) is 19.5. The van der Waals surface area contributed by atoms with Crippen molar-refractivity contribution in [3.05, 3.63) is 75.7 Å². The van der Waals surface area contributed by atoms with Crippen LogP contribution in [0.2, 0.25) is 0 Å². The minimum absolute atomic E-state index is 0.00399. The molecule has 180 valence electrons. The van der Waals surface area contributed by atoms with Crippen molar-refractivity contribution in [1.82, 2.24) is 24.3 Å². The van der Waals surface area contributed by atoms with Crippen molar-refractivity contribution in [3.63, 3.8) is 0 Å². The quantitative estimate of drug-likeness (QED) is 0.424. The Bertz CT molecular complexity index is 1510. The fourth-order valence-electron chi connectivity index (χ4n) is 4.84. The van der Waals surface area contributed by atoms with Crippen LogP contribution in [0.1, 0.15) is 60.8 Å². The fraction of sp³-hybridized carbons (Fsp3) is 0.385. The standard InChI is InChI=1S/C26H25F2N5O2/c1-14-30-24-20(19-6-3-17(27)10-21(19)28)11-22(31-25(24)26(34)32(14)2)15-7-8-35-23(9-15)16-12-29-33(13-16)18-4-5-18/h3,6,10-13,15,18,23H,4-5,7-9H2,1-2H3/t15-,23+/m1/s1.